The van der Waals surface area contributed by atoms with Crippen molar-refractivity contribution < 1.29 is 4.74 Å². The van der Waals surface area contributed by atoms with Gasteiger partial charge in [-0.3, -0.25) is 0 Å². The van der Waals surface area contributed by atoms with Crippen molar-refractivity contribution in [3.05, 3.63) is 64.9 Å². The molecule has 2 fully saturated rings. The quantitative estimate of drug-likeness (QED) is 0.359. The molecule has 0 aliphatic carbocycles. The summed E-state index contributed by atoms with van der Waals surface area (Å²) in [6.45, 7) is 25.6. The predicted octanol–water partition coefficient (Wildman–Crippen LogP) is 8.46. The second kappa shape index (κ2) is 11.1. The Morgan fingerprint density at radius 2 is 1.89 bits per heavy atom. The number of hydrogen-bond acceptors (Lipinski definition) is 2. The Kier molecular flexibility index (Phi) is 8.32. The topological polar surface area (TPSA) is 28.3 Å². The second-order valence-corrected chi connectivity index (χ2v) is 12.2. The van der Waals surface area contributed by atoms with Crippen molar-refractivity contribution in [2.75, 3.05) is 32.8 Å². The number of fused-ring (bicyclic) bond motifs is 1. The molecule has 0 spiro atoms. The Morgan fingerprint density at radius 3 is 2.44 bits per heavy atom. The van der Waals surface area contributed by atoms with Crippen molar-refractivity contribution in [1.82, 2.24) is 9.88 Å². The lowest BCUT2D eigenvalue weighted by atomic mass is 9.84. The summed E-state index contributed by atoms with van der Waals surface area (Å²) in [6, 6.07) is 7.20. The van der Waals surface area contributed by atoms with Gasteiger partial charge in [0.25, 0.3) is 0 Å². The average Bonchev–Trinajstić information content (AvgIpc) is 3.24. The lowest BCUT2D eigenvalue weighted by Crippen LogP contribution is -2.50. The largest absolute Gasteiger partial charge is 0.380 e. The van der Waals surface area contributed by atoms with Crippen LogP contribution in [-0.2, 0) is 4.74 Å². The van der Waals surface area contributed by atoms with E-state index in [1.807, 2.05) is 6.08 Å². The summed E-state index contributed by atoms with van der Waals surface area (Å²) in [6.07, 6.45) is 8.04. The zero-order valence-electron chi connectivity index (χ0n) is 23.8. The number of nitrogens with one attached hydrogen (secondary N) is 1. The third-order valence-electron chi connectivity index (χ3n) is 8.77. The van der Waals surface area contributed by atoms with Gasteiger partial charge < -0.3 is 14.6 Å². The smallest absolute Gasteiger partial charge is 0.0554 e. The van der Waals surface area contributed by atoms with Crippen molar-refractivity contribution in [2.24, 2.45) is 11.3 Å². The highest BCUT2D eigenvalue weighted by molar-refractivity contribution is 5.93. The highest BCUT2D eigenvalue weighted by Gasteiger charge is 2.36. The molecule has 1 atom stereocenters. The third kappa shape index (κ3) is 5.58. The predicted molar refractivity (Wildman–Crippen MR) is 156 cm³/mol. The summed E-state index contributed by atoms with van der Waals surface area (Å²) in [5.41, 5.74) is 9.76. The van der Waals surface area contributed by atoms with Gasteiger partial charge in [-0.1, -0.05) is 65.0 Å². The number of aromatic amines is 1. The Hall–Kier alpha value is -2.10. The number of piperidine rings is 1. The Bertz CT molecular complexity index is 1140. The van der Waals surface area contributed by atoms with Gasteiger partial charge in [0.2, 0.25) is 0 Å². The van der Waals surface area contributed by atoms with E-state index in [4.69, 9.17) is 4.74 Å². The van der Waals surface area contributed by atoms with Gasteiger partial charge in [0, 0.05) is 28.4 Å². The molecule has 1 N–H and O–H groups in total. The standard InChI is InChI=1S/C33H48N2O/c1-9-23(5)25(7)17-28(24(6)10-2)32-31(22(3)4)29-18-27(11-12-30(29)34-32)26-13-15-35(16-14-26)19-33(8)20-36-21-33/h10-12,17-18,22-23,26,34H,2,9,13-16,19-21H2,1,3-8H3/b25-17-,28-24+. The van der Waals surface area contributed by atoms with E-state index < -0.39 is 0 Å². The minimum absolute atomic E-state index is 0.371. The first-order valence-electron chi connectivity index (χ1n) is 14.1. The van der Waals surface area contributed by atoms with Crippen molar-refractivity contribution in [2.45, 2.75) is 79.6 Å². The lowest BCUT2D eigenvalue weighted by Gasteiger charge is -2.43. The molecule has 2 aliphatic rings. The number of allylic oxidation sites excluding steroid dienone is 5. The zero-order valence-corrected chi connectivity index (χ0v) is 23.8. The van der Waals surface area contributed by atoms with E-state index in [2.05, 4.69) is 89.2 Å². The fraction of sp³-hybridized carbons (Fsp3) is 0.576. The molecule has 0 radical (unpaired) electrons. The Labute approximate surface area is 219 Å². The molecule has 3 heteroatoms. The van der Waals surface area contributed by atoms with Crippen LogP contribution >= 0.6 is 0 Å². The van der Waals surface area contributed by atoms with Crippen LogP contribution in [0.3, 0.4) is 0 Å². The van der Waals surface area contributed by atoms with Gasteiger partial charge in [0.05, 0.1) is 18.9 Å². The molecular formula is C33H48N2O. The second-order valence-electron chi connectivity index (χ2n) is 12.2. The minimum atomic E-state index is 0.371. The van der Waals surface area contributed by atoms with Crippen molar-refractivity contribution in [3.63, 3.8) is 0 Å². The zero-order chi connectivity index (χ0) is 26.0. The van der Waals surface area contributed by atoms with Gasteiger partial charge in [-0.05, 0) is 92.8 Å². The van der Waals surface area contributed by atoms with Crippen LogP contribution in [0.15, 0.2) is 48.1 Å². The molecular weight excluding hydrogens is 440 g/mol. The van der Waals surface area contributed by atoms with Gasteiger partial charge in [-0.2, -0.15) is 0 Å². The number of ether oxygens (including phenoxy) is 1. The molecule has 0 bridgehead atoms. The van der Waals surface area contributed by atoms with E-state index in [9.17, 15) is 0 Å². The van der Waals surface area contributed by atoms with E-state index >= 15 is 0 Å². The molecule has 2 aromatic rings. The third-order valence-corrected chi connectivity index (χ3v) is 8.77. The van der Waals surface area contributed by atoms with Crippen LogP contribution in [0.2, 0.25) is 0 Å². The molecule has 36 heavy (non-hydrogen) atoms. The number of benzene rings is 1. The molecule has 3 nitrogen and oxygen atoms in total. The number of rotatable bonds is 9. The maximum atomic E-state index is 5.48. The van der Waals surface area contributed by atoms with Crippen LogP contribution < -0.4 is 0 Å². The summed E-state index contributed by atoms with van der Waals surface area (Å²) in [5.74, 6) is 1.65. The summed E-state index contributed by atoms with van der Waals surface area (Å²) in [7, 11) is 0. The molecule has 196 valence electrons. The fourth-order valence-corrected chi connectivity index (χ4v) is 5.99. The molecule has 0 saturated carbocycles. The summed E-state index contributed by atoms with van der Waals surface area (Å²) >= 11 is 0. The van der Waals surface area contributed by atoms with Crippen LogP contribution in [0.1, 0.15) is 96.4 Å². The van der Waals surface area contributed by atoms with Crippen molar-refractivity contribution in [3.8, 4) is 0 Å². The van der Waals surface area contributed by atoms with Gasteiger partial charge in [-0.25, -0.2) is 0 Å². The number of hydrogen-bond donors (Lipinski definition) is 1. The van der Waals surface area contributed by atoms with E-state index in [-0.39, 0.29) is 0 Å². The lowest BCUT2D eigenvalue weighted by molar-refractivity contribution is -0.116. The van der Waals surface area contributed by atoms with Crippen LogP contribution in [0, 0.1) is 11.3 Å². The van der Waals surface area contributed by atoms with Gasteiger partial charge in [-0.15, -0.1) is 0 Å². The molecule has 4 rings (SSSR count). The van der Waals surface area contributed by atoms with Crippen molar-refractivity contribution in [1.29, 1.82) is 0 Å². The van der Waals surface area contributed by atoms with E-state index in [1.54, 1.807) is 0 Å². The number of aromatic nitrogens is 1. The summed E-state index contributed by atoms with van der Waals surface area (Å²) in [5, 5.41) is 1.39. The monoisotopic (exact) mass is 488 g/mol. The first-order chi connectivity index (χ1) is 17.2. The van der Waals surface area contributed by atoms with E-state index in [0.717, 1.165) is 19.6 Å². The number of nitrogens with zero attached hydrogens (tertiary/aromatic N) is 1. The Morgan fingerprint density at radius 1 is 1.19 bits per heavy atom. The maximum Gasteiger partial charge on any atom is 0.0554 e. The molecule has 1 unspecified atom stereocenters. The first-order valence-corrected chi connectivity index (χ1v) is 14.1. The molecule has 2 aliphatic heterocycles. The molecule has 1 aromatic carbocycles. The van der Waals surface area contributed by atoms with Crippen LogP contribution in [0.25, 0.3) is 16.5 Å². The molecule has 3 heterocycles. The van der Waals surface area contributed by atoms with Gasteiger partial charge in [0.1, 0.15) is 0 Å². The number of H-pyrrole nitrogens is 1. The molecule has 2 saturated heterocycles. The summed E-state index contributed by atoms with van der Waals surface area (Å²) < 4.78 is 5.48. The van der Waals surface area contributed by atoms with Crippen LogP contribution in [-0.4, -0.2) is 42.7 Å². The van der Waals surface area contributed by atoms with Gasteiger partial charge in [0.15, 0.2) is 0 Å². The Balaban J connectivity index is 1.65. The van der Waals surface area contributed by atoms with Crippen molar-refractivity contribution >= 4 is 16.5 Å². The van der Waals surface area contributed by atoms with Crippen LogP contribution in [0.5, 0.6) is 0 Å². The highest BCUT2D eigenvalue weighted by Crippen LogP contribution is 2.39. The number of likely N-dealkylation sites (tertiary alicyclic amines) is 1. The first kappa shape index (κ1) is 26.9. The van der Waals surface area contributed by atoms with E-state index in [1.165, 1.54) is 76.9 Å². The molecule has 1 aromatic heterocycles. The minimum Gasteiger partial charge on any atom is -0.380 e. The van der Waals surface area contributed by atoms with Gasteiger partial charge >= 0.3 is 0 Å². The molecule has 0 amide bonds. The highest BCUT2D eigenvalue weighted by atomic mass is 16.5. The maximum absolute atomic E-state index is 5.48. The summed E-state index contributed by atoms with van der Waals surface area (Å²) in [4.78, 5) is 6.49. The average molecular weight is 489 g/mol. The van der Waals surface area contributed by atoms with Crippen LogP contribution in [0.4, 0.5) is 0 Å². The fourth-order valence-electron chi connectivity index (χ4n) is 5.99. The van der Waals surface area contributed by atoms with E-state index in [0.29, 0.717) is 23.2 Å². The normalized spacial score (nSPS) is 20.9. The SMILES string of the molecule is C=C/C(C)=C(\C=C(\C)C(C)CC)c1[nH]c2ccc(C3CCN(CC4(C)COC4)CC3)cc2c1C(C)C.